The standard InChI is InChI=1S/C14H19N3O3S.2ClH/c15-14(18)13-9-12(13)10-1-3-11(4-2-10)21(19,20)17-7-5-16-6-8-17;;/h1-4,12-13,16H,5-9H2,(H2,15,18);2*1H. The highest BCUT2D eigenvalue weighted by atomic mass is 35.5. The molecular formula is C14H21Cl2N3O3S. The molecule has 0 radical (unpaired) electrons. The molecule has 1 heterocycles. The minimum absolute atomic E-state index is 0. The lowest BCUT2D eigenvalue weighted by Crippen LogP contribution is -2.46. The SMILES string of the molecule is Cl.Cl.NC(=O)C1CC1c1ccc(S(=O)(=O)N2CCNCC2)cc1. The second-order valence-corrected chi connectivity index (χ2v) is 7.51. The van der Waals surface area contributed by atoms with Gasteiger partial charge in [0.2, 0.25) is 15.9 Å². The molecule has 6 nitrogen and oxygen atoms in total. The van der Waals surface area contributed by atoms with Gasteiger partial charge in [0.05, 0.1) is 4.90 Å². The lowest BCUT2D eigenvalue weighted by Gasteiger charge is -2.26. The summed E-state index contributed by atoms with van der Waals surface area (Å²) >= 11 is 0. The first-order valence-corrected chi connectivity index (χ1v) is 8.54. The van der Waals surface area contributed by atoms with Gasteiger partial charge in [-0.1, -0.05) is 12.1 Å². The van der Waals surface area contributed by atoms with Crippen molar-refractivity contribution in [3.63, 3.8) is 0 Å². The largest absolute Gasteiger partial charge is 0.369 e. The summed E-state index contributed by atoms with van der Waals surface area (Å²) in [5, 5.41) is 3.14. The molecule has 1 aliphatic carbocycles. The maximum absolute atomic E-state index is 12.5. The Hall–Kier alpha value is -0.860. The lowest BCUT2D eigenvalue weighted by molar-refractivity contribution is -0.119. The summed E-state index contributed by atoms with van der Waals surface area (Å²) in [7, 11) is -3.41. The van der Waals surface area contributed by atoms with Gasteiger partial charge in [0.1, 0.15) is 0 Å². The average molecular weight is 382 g/mol. The molecule has 3 N–H and O–H groups in total. The van der Waals surface area contributed by atoms with Crippen molar-refractivity contribution >= 4 is 40.7 Å². The van der Waals surface area contributed by atoms with Crippen molar-refractivity contribution in [3.8, 4) is 0 Å². The molecule has 1 saturated carbocycles. The van der Waals surface area contributed by atoms with E-state index < -0.39 is 10.0 Å². The van der Waals surface area contributed by atoms with Gasteiger partial charge in [-0.15, -0.1) is 24.8 Å². The Bertz CT molecular complexity index is 646. The van der Waals surface area contributed by atoms with E-state index in [4.69, 9.17) is 5.73 Å². The molecule has 1 aromatic carbocycles. The molecule has 1 saturated heterocycles. The molecule has 9 heteroatoms. The number of nitrogens with one attached hydrogen (secondary N) is 1. The Labute approximate surface area is 148 Å². The fraction of sp³-hybridized carbons (Fsp3) is 0.500. The van der Waals surface area contributed by atoms with E-state index in [-0.39, 0.29) is 42.6 Å². The van der Waals surface area contributed by atoms with Crippen LogP contribution in [0.2, 0.25) is 0 Å². The van der Waals surface area contributed by atoms with Gasteiger partial charge in [-0.05, 0) is 30.0 Å². The molecule has 0 aromatic heterocycles. The van der Waals surface area contributed by atoms with Gasteiger partial charge in [0.25, 0.3) is 0 Å². The predicted octanol–water partition coefficient (Wildman–Crippen LogP) is 0.713. The first-order valence-electron chi connectivity index (χ1n) is 7.10. The van der Waals surface area contributed by atoms with Crippen molar-refractivity contribution in [2.75, 3.05) is 26.2 Å². The van der Waals surface area contributed by atoms with Crippen molar-refractivity contribution in [1.29, 1.82) is 0 Å². The molecule has 3 rings (SSSR count). The van der Waals surface area contributed by atoms with Crippen LogP contribution in [0.3, 0.4) is 0 Å². The predicted molar refractivity (Wildman–Crippen MR) is 92.6 cm³/mol. The third-order valence-corrected chi connectivity index (χ3v) is 6.09. The topological polar surface area (TPSA) is 92.5 Å². The summed E-state index contributed by atoms with van der Waals surface area (Å²) in [6.45, 7) is 2.35. The quantitative estimate of drug-likeness (QED) is 0.803. The average Bonchev–Trinajstić information content (AvgIpc) is 3.29. The van der Waals surface area contributed by atoms with Gasteiger partial charge in [-0.3, -0.25) is 4.79 Å². The van der Waals surface area contributed by atoms with Gasteiger partial charge in [-0.2, -0.15) is 4.31 Å². The molecule has 2 aliphatic rings. The number of amides is 1. The van der Waals surface area contributed by atoms with E-state index in [0.29, 0.717) is 31.1 Å². The molecule has 0 bridgehead atoms. The number of nitrogens with zero attached hydrogens (tertiary/aromatic N) is 1. The summed E-state index contributed by atoms with van der Waals surface area (Å²) in [6.07, 6.45) is 0.763. The number of benzene rings is 1. The molecule has 2 fully saturated rings. The van der Waals surface area contributed by atoms with E-state index in [1.54, 1.807) is 24.3 Å². The monoisotopic (exact) mass is 381 g/mol. The third kappa shape index (κ3) is 4.16. The normalized spacial score (nSPS) is 24.2. The van der Waals surface area contributed by atoms with Crippen LogP contribution >= 0.6 is 24.8 Å². The van der Waals surface area contributed by atoms with Crippen LogP contribution in [0.25, 0.3) is 0 Å². The molecule has 1 amide bonds. The summed E-state index contributed by atoms with van der Waals surface area (Å²) in [4.78, 5) is 11.4. The number of halogens is 2. The van der Waals surface area contributed by atoms with Gasteiger partial charge in [0.15, 0.2) is 0 Å². The van der Waals surface area contributed by atoms with Gasteiger partial charge < -0.3 is 11.1 Å². The Kier molecular flexibility index (Phi) is 6.85. The van der Waals surface area contributed by atoms with Crippen LogP contribution in [0.5, 0.6) is 0 Å². The minimum atomic E-state index is -3.41. The number of hydrogen-bond donors (Lipinski definition) is 2. The summed E-state index contributed by atoms with van der Waals surface area (Å²) in [5.41, 5.74) is 6.26. The van der Waals surface area contributed by atoms with E-state index in [1.165, 1.54) is 4.31 Å². The van der Waals surface area contributed by atoms with E-state index in [9.17, 15) is 13.2 Å². The van der Waals surface area contributed by atoms with Crippen LogP contribution in [-0.2, 0) is 14.8 Å². The molecule has 1 aromatic rings. The van der Waals surface area contributed by atoms with Crippen LogP contribution in [0.4, 0.5) is 0 Å². The number of sulfonamides is 1. The first kappa shape index (κ1) is 20.2. The highest BCUT2D eigenvalue weighted by Gasteiger charge is 2.42. The summed E-state index contributed by atoms with van der Waals surface area (Å²) in [6, 6.07) is 6.84. The number of carbonyl (C=O) groups is 1. The Balaban J connectivity index is 0.00000132. The summed E-state index contributed by atoms with van der Waals surface area (Å²) < 4.78 is 26.5. The van der Waals surface area contributed by atoms with Gasteiger partial charge in [0, 0.05) is 32.1 Å². The number of rotatable bonds is 4. The summed E-state index contributed by atoms with van der Waals surface area (Å²) in [5.74, 6) is -0.225. The molecule has 2 unspecified atom stereocenters. The Morgan fingerprint density at radius 2 is 1.70 bits per heavy atom. The second-order valence-electron chi connectivity index (χ2n) is 5.57. The van der Waals surface area contributed by atoms with Crippen LogP contribution in [-0.4, -0.2) is 44.8 Å². The van der Waals surface area contributed by atoms with E-state index in [2.05, 4.69) is 5.32 Å². The van der Waals surface area contributed by atoms with Crippen molar-refractivity contribution in [3.05, 3.63) is 29.8 Å². The number of hydrogen-bond acceptors (Lipinski definition) is 4. The first-order chi connectivity index (χ1) is 10.00. The van der Waals surface area contributed by atoms with Crippen molar-refractivity contribution in [2.24, 2.45) is 11.7 Å². The van der Waals surface area contributed by atoms with Crippen molar-refractivity contribution < 1.29 is 13.2 Å². The molecule has 2 atom stereocenters. The maximum Gasteiger partial charge on any atom is 0.243 e. The zero-order valence-electron chi connectivity index (χ0n) is 12.5. The molecule has 1 aliphatic heterocycles. The van der Waals surface area contributed by atoms with Crippen LogP contribution in [0, 0.1) is 5.92 Å². The zero-order valence-corrected chi connectivity index (χ0v) is 14.9. The van der Waals surface area contributed by atoms with Gasteiger partial charge >= 0.3 is 0 Å². The Morgan fingerprint density at radius 1 is 1.13 bits per heavy atom. The number of nitrogens with two attached hydrogens (primary N) is 1. The van der Waals surface area contributed by atoms with Gasteiger partial charge in [-0.25, -0.2) is 8.42 Å². The fourth-order valence-corrected chi connectivity index (χ4v) is 4.24. The number of carbonyl (C=O) groups excluding carboxylic acids is 1. The van der Waals surface area contributed by atoms with Crippen molar-refractivity contribution in [2.45, 2.75) is 17.2 Å². The van der Waals surface area contributed by atoms with E-state index in [1.807, 2.05) is 0 Å². The second kappa shape index (κ2) is 7.81. The minimum Gasteiger partial charge on any atom is -0.369 e. The van der Waals surface area contributed by atoms with Crippen LogP contribution in [0.1, 0.15) is 17.9 Å². The fourth-order valence-electron chi connectivity index (χ4n) is 2.80. The highest BCUT2D eigenvalue weighted by Crippen LogP contribution is 2.47. The molecule has 130 valence electrons. The lowest BCUT2D eigenvalue weighted by atomic mass is 10.1. The zero-order chi connectivity index (χ0) is 15.0. The molecular weight excluding hydrogens is 361 g/mol. The van der Waals surface area contributed by atoms with Crippen LogP contribution < -0.4 is 11.1 Å². The maximum atomic E-state index is 12.5. The number of piperazine rings is 1. The smallest absolute Gasteiger partial charge is 0.243 e. The molecule has 0 spiro atoms. The van der Waals surface area contributed by atoms with Crippen LogP contribution in [0.15, 0.2) is 29.2 Å². The van der Waals surface area contributed by atoms with E-state index >= 15 is 0 Å². The molecule has 23 heavy (non-hydrogen) atoms. The van der Waals surface area contributed by atoms with E-state index in [0.717, 1.165) is 12.0 Å². The van der Waals surface area contributed by atoms with Crippen molar-refractivity contribution in [1.82, 2.24) is 9.62 Å². The highest BCUT2D eigenvalue weighted by molar-refractivity contribution is 7.89. The Morgan fingerprint density at radius 3 is 2.17 bits per heavy atom. The third-order valence-electron chi connectivity index (χ3n) is 4.18. The number of primary amides is 1.